The van der Waals surface area contributed by atoms with Gasteiger partial charge in [-0.25, -0.2) is 0 Å². The molecule has 2 aromatic carbocycles. The Kier molecular flexibility index (Phi) is 5.94. The fourth-order valence-corrected chi connectivity index (χ4v) is 3.43. The van der Waals surface area contributed by atoms with Crippen LogP contribution in [0.4, 0.5) is 5.69 Å². The molecule has 4 heteroatoms. The molecule has 0 radical (unpaired) electrons. The second-order valence-corrected chi connectivity index (χ2v) is 7.34. The Bertz CT molecular complexity index is 810. The van der Waals surface area contributed by atoms with Gasteiger partial charge in [-0.3, -0.25) is 9.59 Å². The maximum absolute atomic E-state index is 12.8. The molecule has 1 aliphatic carbocycles. The van der Waals surface area contributed by atoms with Crippen molar-refractivity contribution in [2.45, 2.75) is 46.0 Å². The summed E-state index contributed by atoms with van der Waals surface area (Å²) in [7, 11) is 0. The lowest BCUT2D eigenvalue weighted by atomic mass is 10.0. The van der Waals surface area contributed by atoms with Gasteiger partial charge in [0.15, 0.2) is 0 Å². The van der Waals surface area contributed by atoms with Crippen LogP contribution in [0.2, 0.25) is 0 Å². The molecular weight excluding hydrogens is 336 g/mol. The summed E-state index contributed by atoms with van der Waals surface area (Å²) in [6.07, 6.45) is 3.87. The third-order valence-electron chi connectivity index (χ3n) is 5.37. The Morgan fingerprint density at radius 3 is 2.41 bits per heavy atom. The number of hydrogen-bond donors (Lipinski definition) is 2. The minimum Gasteiger partial charge on any atom is -0.355 e. The Morgan fingerprint density at radius 2 is 1.74 bits per heavy atom. The number of aryl methyl sites for hydroxylation is 3. The van der Waals surface area contributed by atoms with E-state index in [2.05, 4.69) is 29.7 Å². The lowest BCUT2D eigenvalue weighted by molar-refractivity contribution is -0.134. The van der Waals surface area contributed by atoms with Crippen LogP contribution < -0.4 is 10.6 Å². The van der Waals surface area contributed by atoms with Gasteiger partial charge in [0.05, 0.1) is 0 Å². The van der Waals surface area contributed by atoms with Gasteiger partial charge in [0.25, 0.3) is 0 Å². The molecule has 1 aliphatic rings. The summed E-state index contributed by atoms with van der Waals surface area (Å²) in [5, 5.41) is 6.00. The van der Waals surface area contributed by atoms with Gasteiger partial charge in [-0.05, 0) is 55.7 Å². The van der Waals surface area contributed by atoms with Crippen molar-refractivity contribution in [3.63, 3.8) is 0 Å². The number of anilines is 1. The molecular formula is C23H28N2O2. The van der Waals surface area contributed by atoms with Gasteiger partial charge in [-0.15, -0.1) is 0 Å². The van der Waals surface area contributed by atoms with Gasteiger partial charge in [-0.1, -0.05) is 55.5 Å². The topological polar surface area (TPSA) is 58.2 Å². The Balaban J connectivity index is 1.55. The molecule has 2 amide bonds. The molecule has 0 atom stereocenters. The molecule has 0 bridgehead atoms. The maximum Gasteiger partial charge on any atom is 0.240 e. The summed E-state index contributed by atoms with van der Waals surface area (Å²) in [6.45, 7) is 4.64. The SMILES string of the molecule is CCc1cccc(C)c1NC(=O)C1(C(=O)NCCCc2ccccc2)CC1. The van der Waals surface area contributed by atoms with Gasteiger partial charge in [0.1, 0.15) is 5.41 Å². The predicted octanol–water partition coefficient (Wildman–Crippen LogP) is 4.03. The van der Waals surface area contributed by atoms with Gasteiger partial charge in [0, 0.05) is 12.2 Å². The normalized spacial score (nSPS) is 14.4. The van der Waals surface area contributed by atoms with Crippen LogP contribution >= 0.6 is 0 Å². The molecule has 0 unspecified atom stereocenters. The summed E-state index contributed by atoms with van der Waals surface area (Å²) in [5.41, 5.74) is 3.36. The van der Waals surface area contributed by atoms with E-state index in [-0.39, 0.29) is 11.8 Å². The van der Waals surface area contributed by atoms with Crippen molar-refractivity contribution < 1.29 is 9.59 Å². The molecule has 1 fully saturated rings. The van der Waals surface area contributed by atoms with Crippen molar-refractivity contribution in [2.24, 2.45) is 5.41 Å². The van der Waals surface area contributed by atoms with E-state index >= 15 is 0 Å². The van der Waals surface area contributed by atoms with E-state index in [9.17, 15) is 9.59 Å². The Hall–Kier alpha value is -2.62. The minimum absolute atomic E-state index is 0.139. The number of benzene rings is 2. The molecule has 1 saturated carbocycles. The number of hydrogen-bond acceptors (Lipinski definition) is 2. The Morgan fingerprint density at radius 1 is 1.00 bits per heavy atom. The van der Waals surface area contributed by atoms with E-state index < -0.39 is 5.41 Å². The minimum atomic E-state index is -0.889. The molecule has 3 rings (SSSR count). The zero-order valence-corrected chi connectivity index (χ0v) is 16.2. The zero-order valence-electron chi connectivity index (χ0n) is 16.2. The molecule has 2 N–H and O–H groups in total. The average molecular weight is 364 g/mol. The van der Waals surface area contributed by atoms with E-state index in [0.717, 1.165) is 36.1 Å². The first kappa shape index (κ1) is 19.2. The Labute approximate surface area is 161 Å². The number of nitrogens with one attached hydrogen (secondary N) is 2. The van der Waals surface area contributed by atoms with Crippen LogP contribution in [0.5, 0.6) is 0 Å². The molecule has 0 saturated heterocycles. The molecule has 142 valence electrons. The fraction of sp³-hybridized carbons (Fsp3) is 0.391. The molecule has 0 spiro atoms. The highest BCUT2D eigenvalue weighted by Gasteiger charge is 2.56. The van der Waals surface area contributed by atoms with Crippen molar-refractivity contribution >= 4 is 17.5 Å². The maximum atomic E-state index is 12.8. The largest absolute Gasteiger partial charge is 0.355 e. The van der Waals surface area contributed by atoms with Gasteiger partial charge in [0.2, 0.25) is 11.8 Å². The highest BCUT2D eigenvalue weighted by Crippen LogP contribution is 2.47. The number of carbonyl (C=O) groups excluding carboxylic acids is 2. The highest BCUT2D eigenvalue weighted by molar-refractivity contribution is 6.13. The molecule has 27 heavy (non-hydrogen) atoms. The van der Waals surface area contributed by atoms with Crippen LogP contribution in [0.15, 0.2) is 48.5 Å². The standard InChI is InChI=1S/C23H28N2O2/c1-3-19-13-7-9-17(2)20(19)25-22(27)23(14-15-23)21(26)24-16-8-12-18-10-5-4-6-11-18/h4-7,9-11,13H,3,8,12,14-16H2,1-2H3,(H,24,26)(H,25,27). The third-order valence-corrected chi connectivity index (χ3v) is 5.37. The van der Waals surface area contributed by atoms with Gasteiger partial charge in [-0.2, -0.15) is 0 Å². The zero-order chi connectivity index (χ0) is 19.3. The second-order valence-electron chi connectivity index (χ2n) is 7.34. The van der Waals surface area contributed by atoms with E-state index in [1.807, 2.05) is 43.3 Å². The lowest BCUT2D eigenvalue weighted by Gasteiger charge is -2.18. The predicted molar refractivity (Wildman–Crippen MR) is 109 cm³/mol. The van der Waals surface area contributed by atoms with Crippen molar-refractivity contribution in [1.82, 2.24) is 5.32 Å². The molecule has 0 aromatic heterocycles. The van der Waals surface area contributed by atoms with Crippen LogP contribution in [0.1, 0.15) is 42.9 Å². The van der Waals surface area contributed by atoms with E-state index in [1.54, 1.807) is 0 Å². The summed E-state index contributed by atoms with van der Waals surface area (Å²) in [4.78, 5) is 25.5. The first-order valence-corrected chi connectivity index (χ1v) is 9.79. The summed E-state index contributed by atoms with van der Waals surface area (Å²) < 4.78 is 0. The number of carbonyl (C=O) groups is 2. The van der Waals surface area contributed by atoms with Crippen molar-refractivity contribution in [3.05, 3.63) is 65.2 Å². The fourth-order valence-electron chi connectivity index (χ4n) is 3.43. The van der Waals surface area contributed by atoms with E-state index in [4.69, 9.17) is 0 Å². The first-order valence-electron chi connectivity index (χ1n) is 9.79. The monoisotopic (exact) mass is 364 g/mol. The second kappa shape index (κ2) is 8.38. The average Bonchev–Trinajstić information content (AvgIpc) is 3.49. The van der Waals surface area contributed by atoms with Crippen LogP contribution in [0, 0.1) is 12.3 Å². The molecule has 0 aliphatic heterocycles. The van der Waals surface area contributed by atoms with Crippen molar-refractivity contribution in [1.29, 1.82) is 0 Å². The number of para-hydroxylation sites is 1. The first-order chi connectivity index (χ1) is 13.1. The summed E-state index contributed by atoms with van der Waals surface area (Å²) in [5.74, 6) is -0.313. The van der Waals surface area contributed by atoms with E-state index in [0.29, 0.717) is 19.4 Å². The van der Waals surface area contributed by atoms with Crippen molar-refractivity contribution in [2.75, 3.05) is 11.9 Å². The van der Waals surface area contributed by atoms with Gasteiger partial charge >= 0.3 is 0 Å². The van der Waals surface area contributed by atoms with Crippen LogP contribution in [0.25, 0.3) is 0 Å². The van der Waals surface area contributed by atoms with E-state index in [1.165, 1.54) is 5.56 Å². The van der Waals surface area contributed by atoms with Crippen molar-refractivity contribution in [3.8, 4) is 0 Å². The summed E-state index contributed by atoms with van der Waals surface area (Å²) in [6, 6.07) is 16.2. The highest BCUT2D eigenvalue weighted by atomic mass is 16.2. The van der Waals surface area contributed by atoms with Gasteiger partial charge < -0.3 is 10.6 Å². The van der Waals surface area contributed by atoms with Crippen LogP contribution in [-0.2, 0) is 22.4 Å². The van der Waals surface area contributed by atoms with Crippen LogP contribution in [-0.4, -0.2) is 18.4 Å². The number of rotatable bonds is 8. The molecule has 4 nitrogen and oxygen atoms in total. The lowest BCUT2D eigenvalue weighted by Crippen LogP contribution is -2.40. The smallest absolute Gasteiger partial charge is 0.240 e. The quantitative estimate of drug-likeness (QED) is 0.549. The number of amides is 2. The third kappa shape index (κ3) is 4.38. The molecule has 2 aromatic rings. The summed E-state index contributed by atoms with van der Waals surface area (Å²) >= 11 is 0. The molecule has 0 heterocycles. The van der Waals surface area contributed by atoms with Crippen LogP contribution in [0.3, 0.4) is 0 Å².